The Labute approximate surface area is 190 Å². The molecule has 0 saturated carbocycles. The molecule has 162 valence electrons. The van der Waals surface area contributed by atoms with E-state index in [1.54, 1.807) is 30.3 Å². The summed E-state index contributed by atoms with van der Waals surface area (Å²) in [7, 11) is -4.05. The number of hydrogen-bond donors (Lipinski definition) is 1. The van der Waals surface area contributed by atoms with E-state index in [4.69, 9.17) is 23.2 Å². The van der Waals surface area contributed by atoms with Gasteiger partial charge in [-0.3, -0.25) is 4.79 Å². The van der Waals surface area contributed by atoms with Gasteiger partial charge in [0.2, 0.25) is 15.9 Å². The monoisotopic (exact) mass is 480 g/mol. The largest absolute Gasteiger partial charge is 0.325 e. The van der Waals surface area contributed by atoms with Crippen LogP contribution in [0.25, 0.3) is 0 Å². The Kier molecular flexibility index (Phi) is 7.33. The van der Waals surface area contributed by atoms with Gasteiger partial charge in [0.15, 0.2) is 0 Å². The molecule has 0 bridgehead atoms. The number of hydrogen-bond acceptors (Lipinski definition) is 3. The van der Waals surface area contributed by atoms with Crippen LogP contribution in [0.1, 0.15) is 11.1 Å². The molecule has 0 aliphatic heterocycles. The van der Waals surface area contributed by atoms with Gasteiger partial charge < -0.3 is 5.32 Å². The number of anilines is 1. The van der Waals surface area contributed by atoms with Crippen molar-refractivity contribution in [3.8, 4) is 0 Å². The van der Waals surface area contributed by atoms with Gasteiger partial charge in [-0.1, -0.05) is 47.0 Å². The lowest BCUT2D eigenvalue weighted by molar-refractivity contribution is -0.116. The highest BCUT2D eigenvalue weighted by Gasteiger charge is 2.28. The Morgan fingerprint density at radius 2 is 1.55 bits per heavy atom. The molecule has 5 nitrogen and oxygen atoms in total. The van der Waals surface area contributed by atoms with E-state index in [-0.39, 0.29) is 21.5 Å². The minimum atomic E-state index is -4.05. The first-order valence-electron chi connectivity index (χ1n) is 9.22. The molecule has 3 aromatic rings. The summed E-state index contributed by atoms with van der Waals surface area (Å²) in [5.74, 6) is -1.04. The molecule has 3 aromatic carbocycles. The molecule has 0 fully saturated rings. The zero-order valence-electron chi connectivity index (χ0n) is 16.5. The normalized spacial score (nSPS) is 11.5. The van der Waals surface area contributed by atoms with Crippen molar-refractivity contribution < 1.29 is 17.6 Å². The minimum Gasteiger partial charge on any atom is -0.325 e. The van der Waals surface area contributed by atoms with Crippen molar-refractivity contribution in [2.75, 3.05) is 11.9 Å². The second-order valence-corrected chi connectivity index (χ2v) is 9.59. The van der Waals surface area contributed by atoms with Gasteiger partial charge >= 0.3 is 0 Å². The van der Waals surface area contributed by atoms with Crippen molar-refractivity contribution in [1.29, 1.82) is 0 Å². The quantitative estimate of drug-likeness (QED) is 0.500. The Morgan fingerprint density at radius 3 is 2.13 bits per heavy atom. The molecule has 0 radical (unpaired) electrons. The lowest BCUT2D eigenvalue weighted by Gasteiger charge is -2.23. The summed E-state index contributed by atoms with van der Waals surface area (Å²) in [4.78, 5) is 12.7. The van der Waals surface area contributed by atoms with Crippen LogP contribution in [0.2, 0.25) is 10.0 Å². The molecule has 9 heteroatoms. The summed E-state index contributed by atoms with van der Waals surface area (Å²) >= 11 is 12.5. The standard InChI is InChI=1S/C22H19Cl2FN2O3S/c1-15-5-11-18(12-6-15)31(29,30)27(13-19-20(23)3-2-4-21(19)24)14-22(28)26-17-9-7-16(25)8-10-17/h2-12H,13-14H2,1H3,(H,26,28). The molecule has 3 rings (SSSR count). The summed E-state index contributed by atoms with van der Waals surface area (Å²) in [6.07, 6.45) is 0. The number of rotatable bonds is 7. The predicted molar refractivity (Wildman–Crippen MR) is 120 cm³/mol. The second kappa shape index (κ2) is 9.78. The average Bonchev–Trinajstić information content (AvgIpc) is 2.72. The molecule has 0 spiro atoms. The highest BCUT2D eigenvalue weighted by atomic mass is 35.5. The van der Waals surface area contributed by atoms with E-state index in [1.807, 2.05) is 6.92 Å². The number of aryl methyl sites for hydroxylation is 1. The molecule has 0 aromatic heterocycles. The Hall–Kier alpha value is -2.45. The molecule has 0 aliphatic carbocycles. The summed E-state index contributed by atoms with van der Waals surface area (Å²) in [5, 5.41) is 3.14. The van der Waals surface area contributed by atoms with E-state index >= 15 is 0 Å². The minimum absolute atomic E-state index is 0.0378. The topological polar surface area (TPSA) is 66.5 Å². The number of amides is 1. The van der Waals surface area contributed by atoms with Crippen LogP contribution in [-0.2, 0) is 21.4 Å². The van der Waals surface area contributed by atoms with Gasteiger partial charge in [-0.05, 0) is 55.5 Å². The van der Waals surface area contributed by atoms with Gasteiger partial charge in [-0.2, -0.15) is 4.31 Å². The van der Waals surface area contributed by atoms with Crippen LogP contribution < -0.4 is 5.32 Å². The Morgan fingerprint density at radius 1 is 0.968 bits per heavy atom. The van der Waals surface area contributed by atoms with Crippen molar-refractivity contribution in [3.05, 3.63) is 93.7 Å². The molecule has 1 N–H and O–H groups in total. The number of halogens is 3. The number of nitrogens with one attached hydrogen (secondary N) is 1. The maximum Gasteiger partial charge on any atom is 0.243 e. The molecule has 0 unspecified atom stereocenters. The summed E-state index contributed by atoms with van der Waals surface area (Å²) in [6.45, 7) is 1.15. The van der Waals surface area contributed by atoms with Gasteiger partial charge in [0, 0.05) is 27.8 Å². The predicted octanol–water partition coefficient (Wildman–Crippen LogP) is 5.27. The van der Waals surface area contributed by atoms with Crippen molar-refractivity contribution in [2.24, 2.45) is 0 Å². The van der Waals surface area contributed by atoms with Crippen LogP contribution >= 0.6 is 23.2 Å². The molecule has 31 heavy (non-hydrogen) atoms. The third-order valence-corrected chi connectivity index (χ3v) is 7.02. The highest BCUT2D eigenvalue weighted by molar-refractivity contribution is 7.89. The van der Waals surface area contributed by atoms with Crippen LogP contribution in [-0.4, -0.2) is 25.2 Å². The third-order valence-electron chi connectivity index (χ3n) is 4.50. The van der Waals surface area contributed by atoms with Crippen molar-refractivity contribution in [2.45, 2.75) is 18.4 Å². The molecule has 0 aliphatic rings. The number of benzene rings is 3. The first-order valence-corrected chi connectivity index (χ1v) is 11.4. The number of carbonyl (C=O) groups is 1. The highest BCUT2D eigenvalue weighted by Crippen LogP contribution is 2.28. The van der Waals surface area contributed by atoms with Crippen LogP contribution in [0.15, 0.2) is 71.6 Å². The fraction of sp³-hybridized carbons (Fsp3) is 0.136. The maximum atomic E-state index is 13.3. The average molecular weight is 481 g/mol. The van der Waals surface area contributed by atoms with Gasteiger partial charge in [0.25, 0.3) is 0 Å². The van der Waals surface area contributed by atoms with E-state index in [0.717, 1.165) is 9.87 Å². The lowest BCUT2D eigenvalue weighted by atomic mass is 10.2. The van der Waals surface area contributed by atoms with Crippen molar-refractivity contribution >= 4 is 44.8 Å². The van der Waals surface area contributed by atoms with Crippen LogP contribution in [0.5, 0.6) is 0 Å². The molecule has 0 saturated heterocycles. The number of nitrogens with zero attached hydrogens (tertiary/aromatic N) is 1. The number of sulfonamides is 1. The zero-order chi connectivity index (χ0) is 22.6. The zero-order valence-corrected chi connectivity index (χ0v) is 18.8. The molecule has 1 amide bonds. The van der Waals surface area contributed by atoms with Gasteiger partial charge in [-0.25, -0.2) is 12.8 Å². The first kappa shape index (κ1) is 23.2. The third kappa shape index (κ3) is 5.83. The van der Waals surface area contributed by atoms with E-state index in [2.05, 4.69) is 5.32 Å². The second-order valence-electron chi connectivity index (χ2n) is 6.84. The number of carbonyl (C=O) groups excluding carboxylic acids is 1. The van der Waals surface area contributed by atoms with E-state index in [9.17, 15) is 17.6 Å². The summed E-state index contributed by atoms with van der Waals surface area (Å²) in [6, 6.07) is 16.3. The van der Waals surface area contributed by atoms with Crippen LogP contribution in [0.3, 0.4) is 0 Å². The maximum absolute atomic E-state index is 13.3. The van der Waals surface area contributed by atoms with Crippen LogP contribution in [0, 0.1) is 12.7 Å². The fourth-order valence-corrected chi connectivity index (χ4v) is 4.72. The SMILES string of the molecule is Cc1ccc(S(=O)(=O)N(CC(=O)Nc2ccc(F)cc2)Cc2c(Cl)cccc2Cl)cc1. The van der Waals surface area contributed by atoms with E-state index in [1.165, 1.54) is 36.4 Å². The van der Waals surface area contributed by atoms with E-state index < -0.39 is 28.3 Å². The van der Waals surface area contributed by atoms with E-state index in [0.29, 0.717) is 11.3 Å². The molecular formula is C22H19Cl2FN2O3S. The molecule has 0 atom stereocenters. The van der Waals surface area contributed by atoms with Crippen molar-refractivity contribution in [3.63, 3.8) is 0 Å². The lowest BCUT2D eigenvalue weighted by Crippen LogP contribution is -2.37. The Balaban J connectivity index is 1.92. The molecule has 0 heterocycles. The Bertz CT molecular complexity index is 1160. The van der Waals surface area contributed by atoms with Crippen LogP contribution in [0.4, 0.5) is 10.1 Å². The van der Waals surface area contributed by atoms with Gasteiger partial charge in [0.1, 0.15) is 5.82 Å². The molecular weight excluding hydrogens is 462 g/mol. The summed E-state index contributed by atoms with van der Waals surface area (Å²) in [5.41, 5.74) is 1.62. The van der Waals surface area contributed by atoms with Crippen molar-refractivity contribution in [1.82, 2.24) is 4.31 Å². The smallest absolute Gasteiger partial charge is 0.243 e. The van der Waals surface area contributed by atoms with Gasteiger partial charge in [0.05, 0.1) is 11.4 Å². The fourth-order valence-electron chi connectivity index (χ4n) is 2.84. The first-order chi connectivity index (χ1) is 14.7. The summed E-state index contributed by atoms with van der Waals surface area (Å²) < 4.78 is 40.7. The van der Waals surface area contributed by atoms with Gasteiger partial charge in [-0.15, -0.1) is 0 Å².